The van der Waals surface area contributed by atoms with Crippen LogP contribution in [0.2, 0.25) is 0 Å². The monoisotopic (exact) mass is 188 g/mol. The van der Waals surface area contributed by atoms with Crippen LogP contribution in [0.15, 0.2) is 18.6 Å². The molecule has 0 saturated heterocycles. The van der Waals surface area contributed by atoms with Crippen molar-refractivity contribution < 1.29 is 12.6 Å². The minimum absolute atomic E-state index is 0.0628. The predicted octanol–water partition coefficient (Wildman–Crippen LogP) is -0.0472. The Morgan fingerprint density at radius 3 is 2.75 bits per heavy atom. The van der Waals surface area contributed by atoms with Gasteiger partial charge in [0.2, 0.25) is 0 Å². The van der Waals surface area contributed by atoms with E-state index in [0.717, 1.165) is 6.26 Å². The minimum atomic E-state index is -3.39. The van der Waals surface area contributed by atoms with E-state index in [1.54, 1.807) is 0 Å². The van der Waals surface area contributed by atoms with Crippen LogP contribution in [-0.2, 0) is 20.9 Å². The van der Waals surface area contributed by atoms with Crippen LogP contribution in [0.25, 0.3) is 0 Å². The molecule has 0 saturated carbocycles. The van der Waals surface area contributed by atoms with Crippen LogP contribution in [0.4, 0.5) is 0 Å². The second-order valence-corrected chi connectivity index (χ2v) is 3.81. The third-order valence-electron chi connectivity index (χ3n) is 1.04. The van der Waals surface area contributed by atoms with Gasteiger partial charge in [-0.2, -0.15) is 8.42 Å². The Morgan fingerprint density at radius 1 is 1.50 bits per heavy atom. The molecule has 0 amide bonds. The molecule has 0 aromatic carbocycles. The van der Waals surface area contributed by atoms with Gasteiger partial charge in [0.15, 0.2) is 0 Å². The van der Waals surface area contributed by atoms with Crippen molar-refractivity contribution in [2.45, 2.75) is 6.61 Å². The molecule has 1 aromatic rings. The molecule has 0 radical (unpaired) electrons. The van der Waals surface area contributed by atoms with E-state index >= 15 is 0 Å². The Morgan fingerprint density at radius 2 is 2.25 bits per heavy atom. The van der Waals surface area contributed by atoms with Gasteiger partial charge >= 0.3 is 0 Å². The summed E-state index contributed by atoms with van der Waals surface area (Å²) in [5.41, 5.74) is 0.489. The molecule has 0 aliphatic rings. The zero-order valence-corrected chi connectivity index (χ0v) is 7.28. The molecule has 0 fully saturated rings. The maximum atomic E-state index is 10.5. The standard InChI is InChI=1S/C6H8N2O3S/c1-12(9,10)11-5-6-4-7-2-3-8-6/h2-4H,5H2,1H3. The third-order valence-corrected chi connectivity index (χ3v) is 1.58. The summed E-state index contributed by atoms with van der Waals surface area (Å²) in [6.45, 7) is -0.0628. The number of nitrogens with zero attached hydrogens (tertiary/aromatic N) is 2. The van der Waals surface area contributed by atoms with Gasteiger partial charge < -0.3 is 0 Å². The lowest BCUT2D eigenvalue weighted by Gasteiger charge is -1.98. The van der Waals surface area contributed by atoms with E-state index in [1.165, 1.54) is 18.6 Å². The van der Waals surface area contributed by atoms with Crippen molar-refractivity contribution in [1.29, 1.82) is 0 Å². The van der Waals surface area contributed by atoms with Crippen molar-refractivity contribution in [1.82, 2.24) is 9.97 Å². The Kier molecular flexibility index (Phi) is 2.72. The molecule has 66 valence electrons. The van der Waals surface area contributed by atoms with Gasteiger partial charge in [-0.1, -0.05) is 0 Å². The first-order valence-electron chi connectivity index (χ1n) is 3.17. The molecule has 0 bridgehead atoms. The summed E-state index contributed by atoms with van der Waals surface area (Å²) in [5.74, 6) is 0. The second-order valence-electron chi connectivity index (χ2n) is 2.16. The van der Waals surface area contributed by atoms with E-state index in [1.807, 2.05) is 0 Å². The molecule has 1 aromatic heterocycles. The first-order valence-corrected chi connectivity index (χ1v) is 4.99. The summed E-state index contributed by atoms with van der Waals surface area (Å²) >= 11 is 0. The van der Waals surface area contributed by atoms with Crippen molar-refractivity contribution >= 4 is 10.1 Å². The van der Waals surface area contributed by atoms with Gasteiger partial charge in [-0.3, -0.25) is 14.2 Å². The lowest BCUT2D eigenvalue weighted by molar-refractivity contribution is 0.306. The first kappa shape index (κ1) is 9.08. The van der Waals surface area contributed by atoms with Crippen LogP contribution in [0.1, 0.15) is 5.69 Å². The van der Waals surface area contributed by atoms with Crippen LogP contribution in [0.3, 0.4) is 0 Å². The van der Waals surface area contributed by atoms with Crippen LogP contribution in [0.5, 0.6) is 0 Å². The van der Waals surface area contributed by atoms with Gasteiger partial charge in [-0.15, -0.1) is 0 Å². The maximum Gasteiger partial charge on any atom is 0.264 e. The lowest BCUT2D eigenvalue weighted by Crippen LogP contribution is -2.03. The number of hydrogen-bond donors (Lipinski definition) is 0. The second kappa shape index (κ2) is 3.59. The van der Waals surface area contributed by atoms with Crippen LogP contribution >= 0.6 is 0 Å². The minimum Gasteiger partial charge on any atom is -0.264 e. The normalized spacial score (nSPS) is 11.4. The number of aromatic nitrogens is 2. The molecule has 0 N–H and O–H groups in total. The van der Waals surface area contributed by atoms with E-state index in [4.69, 9.17) is 0 Å². The highest BCUT2D eigenvalue weighted by molar-refractivity contribution is 7.85. The van der Waals surface area contributed by atoms with Gasteiger partial charge in [0.25, 0.3) is 10.1 Å². The summed E-state index contributed by atoms with van der Waals surface area (Å²) in [4.78, 5) is 7.58. The molecule has 1 rings (SSSR count). The highest BCUT2D eigenvalue weighted by atomic mass is 32.2. The maximum absolute atomic E-state index is 10.5. The highest BCUT2D eigenvalue weighted by Crippen LogP contribution is 1.96. The van der Waals surface area contributed by atoms with Gasteiger partial charge in [-0.25, -0.2) is 0 Å². The van der Waals surface area contributed by atoms with Gasteiger partial charge in [0.1, 0.15) is 6.61 Å². The quantitative estimate of drug-likeness (QED) is 0.622. The van der Waals surface area contributed by atoms with Crippen LogP contribution in [0, 0.1) is 0 Å². The molecule has 0 atom stereocenters. The number of hydrogen-bond acceptors (Lipinski definition) is 5. The van der Waals surface area contributed by atoms with Crippen molar-refractivity contribution in [3.63, 3.8) is 0 Å². The lowest BCUT2D eigenvalue weighted by atomic mass is 10.5. The predicted molar refractivity (Wildman–Crippen MR) is 41.7 cm³/mol. The smallest absolute Gasteiger partial charge is 0.264 e. The van der Waals surface area contributed by atoms with Crippen molar-refractivity contribution in [2.75, 3.05) is 6.26 Å². The molecule has 6 heteroatoms. The van der Waals surface area contributed by atoms with Crippen LogP contribution in [-0.4, -0.2) is 24.6 Å². The Balaban J connectivity index is 2.56. The average molecular weight is 188 g/mol. The molecule has 0 spiro atoms. The zero-order chi connectivity index (χ0) is 9.03. The summed E-state index contributed by atoms with van der Waals surface area (Å²) in [7, 11) is -3.39. The van der Waals surface area contributed by atoms with Crippen molar-refractivity contribution in [3.8, 4) is 0 Å². The molecular weight excluding hydrogens is 180 g/mol. The third kappa shape index (κ3) is 3.40. The fraction of sp³-hybridized carbons (Fsp3) is 0.333. The average Bonchev–Trinajstić information content (AvgIpc) is 2.02. The summed E-state index contributed by atoms with van der Waals surface area (Å²) in [5, 5.41) is 0. The Bertz CT molecular complexity index is 335. The van der Waals surface area contributed by atoms with Crippen LogP contribution < -0.4 is 0 Å². The van der Waals surface area contributed by atoms with Gasteiger partial charge in [-0.05, 0) is 0 Å². The number of rotatable bonds is 3. The van der Waals surface area contributed by atoms with Gasteiger partial charge in [0.05, 0.1) is 18.1 Å². The molecular formula is C6H8N2O3S. The Labute approximate surface area is 70.5 Å². The van der Waals surface area contributed by atoms with Crippen molar-refractivity contribution in [3.05, 3.63) is 24.3 Å². The molecule has 5 nitrogen and oxygen atoms in total. The first-order chi connectivity index (χ1) is 5.58. The van der Waals surface area contributed by atoms with E-state index in [2.05, 4.69) is 14.2 Å². The fourth-order valence-electron chi connectivity index (χ4n) is 0.572. The SMILES string of the molecule is CS(=O)(=O)OCc1cnccn1. The molecule has 12 heavy (non-hydrogen) atoms. The molecule has 1 heterocycles. The largest absolute Gasteiger partial charge is 0.264 e. The van der Waals surface area contributed by atoms with E-state index < -0.39 is 10.1 Å². The zero-order valence-electron chi connectivity index (χ0n) is 6.47. The molecule has 0 unspecified atom stereocenters. The van der Waals surface area contributed by atoms with Gasteiger partial charge in [0, 0.05) is 12.4 Å². The molecule has 0 aliphatic carbocycles. The Hall–Kier alpha value is -1.01. The van der Waals surface area contributed by atoms with E-state index in [9.17, 15) is 8.42 Å². The van der Waals surface area contributed by atoms with E-state index in [0.29, 0.717) is 5.69 Å². The summed E-state index contributed by atoms with van der Waals surface area (Å²) in [6, 6.07) is 0. The summed E-state index contributed by atoms with van der Waals surface area (Å²) in [6.07, 6.45) is 5.42. The fourth-order valence-corrected chi connectivity index (χ4v) is 0.907. The topological polar surface area (TPSA) is 69.2 Å². The molecule has 0 aliphatic heterocycles. The summed E-state index contributed by atoms with van der Waals surface area (Å²) < 4.78 is 25.6. The van der Waals surface area contributed by atoms with E-state index in [-0.39, 0.29) is 6.61 Å². The van der Waals surface area contributed by atoms with Crippen molar-refractivity contribution in [2.24, 2.45) is 0 Å². The highest BCUT2D eigenvalue weighted by Gasteiger charge is 2.02.